The quantitative estimate of drug-likeness (QED) is 0.784. The molecule has 0 fully saturated rings. The van der Waals surface area contributed by atoms with E-state index in [0.717, 1.165) is 5.69 Å². The molecule has 0 aromatic carbocycles. The summed E-state index contributed by atoms with van der Waals surface area (Å²) in [5.41, 5.74) is 0.897. The molecule has 0 radical (unpaired) electrons. The van der Waals surface area contributed by atoms with Crippen molar-refractivity contribution in [2.24, 2.45) is 0 Å². The summed E-state index contributed by atoms with van der Waals surface area (Å²) in [6.07, 6.45) is 3.55. The average molecular weight is 252 g/mol. The van der Waals surface area contributed by atoms with Crippen molar-refractivity contribution >= 4 is 11.6 Å². The lowest BCUT2D eigenvalue weighted by Gasteiger charge is -2.05. The van der Waals surface area contributed by atoms with Crippen LogP contribution >= 0.6 is 11.6 Å². The first-order valence-corrected chi connectivity index (χ1v) is 5.81. The molecule has 0 unspecified atom stereocenters. The van der Waals surface area contributed by atoms with Crippen molar-refractivity contribution in [1.29, 1.82) is 0 Å². The van der Waals surface area contributed by atoms with Crippen LogP contribution in [0.3, 0.4) is 0 Å². The van der Waals surface area contributed by atoms with Gasteiger partial charge in [-0.1, -0.05) is 11.6 Å². The highest BCUT2D eigenvalue weighted by Crippen LogP contribution is 2.14. The molecule has 2 aromatic heterocycles. The van der Waals surface area contributed by atoms with Gasteiger partial charge >= 0.3 is 0 Å². The summed E-state index contributed by atoms with van der Waals surface area (Å²) in [7, 11) is 0. The van der Waals surface area contributed by atoms with E-state index in [0.29, 0.717) is 23.6 Å². The van der Waals surface area contributed by atoms with Gasteiger partial charge in [0.2, 0.25) is 0 Å². The monoisotopic (exact) mass is 251 g/mol. The molecule has 2 heterocycles. The SMILES string of the molecule is CC(C)n1ccc(COc2ccc(Cl)nc2)n1. The summed E-state index contributed by atoms with van der Waals surface area (Å²) < 4.78 is 7.44. The molecule has 0 aliphatic heterocycles. The fourth-order valence-electron chi connectivity index (χ4n) is 1.35. The van der Waals surface area contributed by atoms with Gasteiger partial charge in [0.25, 0.3) is 0 Å². The van der Waals surface area contributed by atoms with Gasteiger partial charge in [-0.3, -0.25) is 4.68 Å². The third-order valence-electron chi connectivity index (χ3n) is 2.28. The molecule has 2 rings (SSSR count). The highest BCUT2D eigenvalue weighted by atomic mass is 35.5. The maximum Gasteiger partial charge on any atom is 0.138 e. The van der Waals surface area contributed by atoms with Crippen molar-refractivity contribution < 1.29 is 4.74 Å². The molecular formula is C12H14ClN3O. The lowest BCUT2D eigenvalue weighted by molar-refractivity contribution is 0.297. The smallest absolute Gasteiger partial charge is 0.138 e. The van der Waals surface area contributed by atoms with E-state index in [4.69, 9.17) is 16.3 Å². The molecule has 5 heteroatoms. The van der Waals surface area contributed by atoms with E-state index in [-0.39, 0.29) is 0 Å². The van der Waals surface area contributed by atoms with Crippen LogP contribution in [0.1, 0.15) is 25.6 Å². The topological polar surface area (TPSA) is 39.9 Å². The highest BCUT2D eigenvalue weighted by Gasteiger charge is 2.03. The van der Waals surface area contributed by atoms with Crippen LogP contribution in [0.5, 0.6) is 5.75 Å². The van der Waals surface area contributed by atoms with Crippen LogP contribution in [0.25, 0.3) is 0 Å². The summed E-state index contributed by atoms with van der Waals surface area (Å²) >= 11 is 5.68. The van der Waals surface area contributed by atoms with Crippen LogP contribution in [-0.4, -0.2) is 14.8 Å². The Morgan fingerprint density at radius 1 is 1.35 bits per heavy atom. The zero-order chi connectivity index (χ0) is 12.3. The molecule has 0 aliphatic rings. The largest absolute Gasteiger partial charge is 0.486 e. The molecule has 0 N–H and O–H groups in total. The summed E-state index contributed by atoms with van der Waals surface area (Å²) in [6.45, 7) is 4.60. The number of halogens is 1. The van der Waals surface area contributed by atoms with E-state index in [1.807, 2.05) is 16.9 Å². The van der Waals surface area contributed by atoms with Gasteiger partial charge in [-0.05, 0) is 32.0 Å². The van der Waals surface area contributed by atoms with E-state index < -0.39 is 0 Å². The van der Waals surface area contributed by atoms with E-state index in [2.05, 4.69) is 23.9 Å². The van der Waals surface area contributed by atoms with Gasteiger partial charge < -0.3 is 4.74 Å². The zero-order valence-corrected chi connectivity index (χ0v) is 10.6. The van der Waals surface area contributed by atoms with Crippen LogP contribution in [0.4, 0.5) is 0 Å². The second kappa shape index (κ2) is 5.19. The molecule has 0 saturated carbocycles. The first kappa shape index (κ1) is 11.9. The Morgan fingerprint density at radius 2 is 2.18 bits per heavy atom. The Hall–Kier alpha value is -1.55. The van der Waals surface area contributed by atoms with Crippen molar-refractivity contribution in [2.75, 3.05) is 0 Å². The first-order valence-electron chi connectivity index (χ1n) is 5.43. The Balaban J connectivity index is 1.95. The Labute approximate surface area is 105 Å². The number of nitrogens with zero attached hydrogens (tertiary/aromatic N) is 3. The summed E-state index contributed by atoms with van der Waals surface area (Å²) in [5.74, 6) is 0.688. The second-order valence-corrected chi connectivity index (χ2v) is 4.37. The Morgan fingerprint density at radius 3 is 2.76 bits per heavy atom. The number of hydrogen-bond donors (Lipinski definition) is 0. The van der Waals surface area contributed by atoms with Gasteiger partial charge in [0, 0.05) is 12.2 Å². The van der Waals surface area contributed by atoms with E-state index >= 15 is 0 Å². The molecule has 0 saturated heterocycles. The van der Waals surface area contributed by atoms with Crippen LogP contribution in [0.2, 0.25) is 5.15 Å². The summed E-state index contributed by atoms with van der Waals surface area (Å²) in [4.78, 5) is 3.94. The summed E-state index contributed by atoms with van der Waals surface area (Å²) in [5, 5.41) is 4.85. The van der Waals surface area contributed by atoms with Crippen molar-refractivity contribution in [3.05, 3.63) is 41.4 Å². The number of ether oxygens (including phenoxy) is 1. The molecule has 0 aliphatic carbocycles. The molecule has 0 spiro atoms. The second-order valence-electron chi connectivity index (χ2n) is 3.99. The molecule has 0 bridgehead atoms. The lowest BCUT2D eigenvalue weighted by Crippen LogP contribution is -2.03. The number of rotatable bonds is 4. The minimum absolute atomic E-state index is 0.362. The number of pyridine rings is 1. The molecule has 2 aromatic rings. The average Bonchev–Trinajstić information content (AvgIpc) is 2.77. The van der Waals surface area contributed by atoms with Gasteiger partial charge in [0.05, 0.1) is 11.9 Å². The van der Waals surface area contributed by atoms with Crippen molar-refractivity contribution in [3.8, 4) is 5.75 Å². The van der Waals surface area contributed by atoms with Crippen LogP contribution in [0, 0.1) is 0 Å². The van der Waals surface area contributed by atoms with Crippen molar-refractivity contribution in [1.82, 2.24) is 14.8 Å². The Bertz CT molecular complexity index is 479. The predicted molar refractivity (Wildman–Crippen MR) is 66.2 cm³/mol. The van der Waals surface area contributed by atoms with Crippen molar-refractivity contribution in [3.63, 3.8) is 0 Å². The van der Waals surface area contributed by atoms with Crippen LogP contribution in [0.15, 0.2) is 30.6 Å². The molecular weight excluding hydrogens is 238 g/mol. The fraction of sp³-hybridized carbons (Fsp3) is 0.333. The fourth-order valence-corrected chi connectivity index (χ4v) is 1.46. The predicted octanol–water partition coefficient (Wildman–Crippen LogP) is 3.09. The minimum Gasteiger partial charge on any atom is -0.486 e. The third-order valence-corrected chi connectivity index (χ3v) is 2.50. The van der Waals surface area contributed by atoms with E-state index in [1.54, 1.807) is 18.3 Å². The van der Waals surface area contributed by atoms with Gasteiger partial charge in [0.15, 0.2) is 0 Å². The third kappa shape index (κ3) is 3.20. The summed E-state index contributed by atoms with van der Waals surface area (Å²) in [6, 6.07) is 5.79. The normalized spacial score (nSPS) is 10.8. The maximum absolute atomic E-state index is 5.68. The standard InChI is InChI=1S/C12H14ClN3O/c1-9(2)16-6-5-10(15-16)8-17-11-3-4-12(13)14-7-11/h3-7,9H,8H2,1-2H3. The highest BCUT2D eigenvalue weighted by molar-refractivity contribution is 6.29. The van der Waals surface area contributed by atoms with Crippen molar-refractivity contribution in [2.45, 2.75) is 26.5 Å². The number of aromatic nitrogens is 3. The number of hydrogen-bond acceptors (Lipinski definition) is 3. The minimum atomic E-state index is 0.362. The molecule has 4 nitrogen and oxygen atoms in total. The van der Waals surface area contributed by atoms with Gasteiger partial charge in [-0.15, -0.1) is 0 Å². The van der Waals surface area contributed by atoms with Gasteiger partial charge in [-0.25, -0.2) is 4.98 Å². The van der Waals surface area contributed by atoms with Crippen LogP contribution < -0.4 is 4.74 Å². The first-order chi connectivity index (χ1) is 8.15. The molecule has 17 heavy (non-hydrogen) atoms. The van der Waals surface area contributed by atoms with E-state index in [1.165, 1.54) is 0 Å². The lowest BCUT2D eigenvalue weighted by atomic mass is 10.4. The van der Waals surface area contributed by atoms with Gasteiger partial charge in [-0.2, -0.15) is 5.10 Å². The van der Waals surface area contributed by atoms with E-state index in [9.17, 15) is 0 Å². The Kier molecular flexibility index (Phi) is 3.64. The molecule has 0 atom stereocenters. The zero-order valence-electron chi connectivity index (χ0n) is 9.80. The molecule has 90 valence electrons. The van der Waals surface area contributed by atoms with Crippen LogP contribution in [-0.2, 0) is 6.61 Å². The maximum atomic E-state index is 5.68. The molecule has 0 amide bonds. The van der Waals surface area contributed by atoms with Gasteiger partial charge in [0.1, 0.15) is 17.5 Å².